The zero-order valence-electron chi connectivity index (χ0n) is 13.8. The number of fused-ring (bicyclic) bond motifs is 1. The minimum Gasteiger partial charge on any atom is -0.805 e. The average Bonchev–Trinajstić information content (AvgIpc) is 3.07. The third kappa shape index (κ3) is 2.86. The molecule has 26 heavy (non-hydrogen) atoms. The maximum Gasteiger partial charge on any atom is 0.433 e. The topological polar surface area (TPSA) is 124 Å². The molecule has 132 valence electrons. The number of allylic oxidation sites excluding steroid dienone is 1. The van der Waals surface area contributed by atoms with E-state index in [1.54, 1.807) is 13.0 Å². The Kier molecular flexibility index (Phi) is 4.13. The SMILES string of the molecule is Cc1ccc2c(c1)[n+](=O)c(C(=O)/C=C/c1ccc([N+](=O)[O-])o1)c(C)n2[O-]. The fraction of sp³-hybridized carbons (Fsp3) is 0.118. The van der Waals surface area contributed by atoms with Gasteiger partial charge in [-0.05, 0) is 43.7 Å². The summed E-state index contributed by atoms with van der Waals surface area (Å²) in [6.45, 7) is 3.14. The van der Waals surface area contributed by atoms with Crippen molar-refractivity contribution >= 4 is 28.8 Å². The summed E-state index contributed by atoms with van der Waals surface area (Å²) in [7, 11) is 0. The van der Waals surface area contributed by atoms with Crippen molar-refractivity contribution in [2.75, 3.05) is 0 Å². The van der Waals surface area contributed by atoms with Gasteiger partial charge >= 0.3 is 11.6 Å². The van der Waals surface area contributed by atoms with Crippen molar-refractivity contribution in [3.63, 3.8) is 0 Å². The van der Waals surface area contributed by atoms with E-state index in [1.165, 1.54) is 31.2 Å². The van der Waals surface area contributed by atoms with Crippen LogP contribution < -0.4 is 4.43 Å². The average molecular weight is 355 g/mol. The Labute approximate surface area is 146 Å². The highest BCUT2D eigenvalue weighted by Crippen LogP contribution is 2.18. The molecular formula is C17H13N3O6. The van der Waals surface area contributed by atoms with Crippen molar-refractivity contribution in [1.82, 2.24) is 4.73 Å². The first-order valence-electron chi connectivity index (χ1n) is 7.52. The summed E-state index contributed by atoms with van der Waals surface area (Å²) in [5.41, 5.74) is 0.635. The van der Waals surface area contributed by atoms with Gasteiger partial charge in [-0.25, -0.2) is 0 Å². The third-order valence-electron chi connectivity index (χ3n) is 3.84. The summed E-state index contributed by atoms with van der Waals surface area (Å²) in [6.07, 6.45) is 2.23. The molecule has 0 radical (unpaired) electrons. The van der Waals surface area contributed by atoms with Gasteiger partial charge in [0.25, 0.3) is 11.3 Å². The Balaban J connectivity index is 2.06. The molecule has 0 aliphatic rings. The van der Waals surface area contributed by atoms with E-state index in [2.05, 4.69) is 0 Å². The maximum atomic E-state index is 12.6. The highest BCUT2D eigenvalue weighted by Gasteiger charge is 2.25. The van der Waals surface area contributed by atoms with Crippen molar-refractivity contribution in [2.45, 2.75) is 13.8 Å². The number of hydrogen-bond acceptors (Lipinski definition) is 6. The minimum absolute atomic E-state index is 0.0450. The molecule has 9 nitrogen and oxygen atoms in total. The van der Waals surface area contributed by atoms with E-state index in [4.69, 9.17) is 4.42 Å². The van der Waals surface area contributed by atoms with E-state index in [9.17, 15) is 25.0 Å². The molecule has 0 fully saturated rings. The van der Waals surface area contributed by atoms with Crippen LogP contribution in [-0.2, 0) is 0 Å². The molecule has 0 aliphatic carbocycles. The number of furan rings is 1. The zero-order chi connectivity index (χ0) is 19.0. The van der Waals surface area contributed by atoms with Gasteiger partial charge < -0.3 is 14.4 Å². The van der Waals surface area contributed by atoms with Crippen molar-refractivity contribution in [3.8, 4) is 0 Å². The number of carbonyl (C=O) groups is 1. The van der Waals surface area contributed by atoms with Crippen LogP contribution in [0.15, 0.2) is 40.8 Å². The van der Waals surface area contributed by atoms with Gasteiger partial charge in [-0.3, -0.25) is 14.9 Å². The van der Waals surface area contributed by atoms with E-state index < -0.39 is 16.6 Å². The molecule has 0 atom stereocenters. The molecular weight excluding hydrogens is 342 g/mol. The monoisotopic (exact) mass is 355 g/mol. The molecule has 0 saturated carbocycles. The smallest absolute Gasteiger partial charge is 0.433 e. The van der Waals surface area contributed by atoms with Crippen LogP contribution in [0, 0.1) is 34.1 Å². The molecule has 0 bridgehead atoms. The van der Waals surface area contributed by atoms with E-state index in [0.29, 0.717) is 9.16 Å². The molecule has 2 aromatic heterocycles. The predicted octanol–water partition coefficient (Wildman–Crippen LogP) is 2.92. The fourth-order valence-electron chi connectivity index (χ4n) is 2.56. The lowest BCUT2D eigenvalue weighted by atomic mass is 10.1. The lowest BCUT2D eigenvalue weighted by Crippen LogP contribution is -2.29. The van der Waals surface area contributed by atoms with E-state index in [0.717, 1.165) is 17.7 Å². The van der Waals surface area contributed by atoms with Gasteiger partial charge in [0.15, 0.2) is 0 Å². The Morgan fingerprint density at radius 2 is 2.00 bits per heavy atom. The van der Waals surface area contributed by atoms with Crippen molar-refractivity contribution in [1.29, 1.82) is 0 Å². The zero-order valence-corrected chi connectivity index (χ0v) is 13.8. The highest BCUT2D eigenvalue weighted by atomic mass is 16.6. The molecule has 0 amide bonds. The number of nitrogens with zero attached hydrogens (tertiary/aromatic N) is 3. The van der Waals surface area contributed by atoms with E-state index >= 15 is 0 Å². The lowest BCUT2D eigenvalue weighted by molar-refractivity contribution is -0.468. The minimum atomic E-state index is -0.718. The van der Waals surface area contributed by atoms with Gasteiger partial charge in [0.1, 0.15) is 16.2 Å². The van der Waals surface area contributed by atoms with Crippen LogP contribution in [0.25, 0.3) is 17.1 Å². The van der Waals surface area contributed by atoms with Crippen LogP contribution in [0.1, 0.15) is 27.5 Å². The number of benzene rings is 1. The summed E-state index contributed by atoms with van der Waals surface area (Å²) in [5, 5.41) is 23.0. The molecule has 0 spiro atoms. The van der Waals surface area contributed by atoms with Crippen LogP contribution in [0.4, 0.5) is 5.88 Å². The Bertz CT molecular complexity index is 1140. The van der Waals surface area contributed by atoms with Gasteiger partial charge in [-0.1, -0.05) is 6.07 Å². The first-order valence-corrected chi connectivity index (χ1v) is 7.52. The molecule has 0 aliphatic heterocycles. The summed E-state index contributed by atoms with van der Waals surface area (Å²) >= 11 is 0. The molecule has 0 unspecified atom stereocenters. The Morgan fingerprint density at radius 1 is 1.27 bits per heavy atom. The molecule has 1 aromatic carbocycles. The predicted molar refractivity (Wildman–Crippen MR) is 92.3 cm³/mol. The van der Waals surface area contributed by atoms with Gasteiger partial charge in [0, 0.05) is 11.0 Å². The maximum absolute atomic E-state index is 12.6. The molecule has 0 saturated heterocycles. The molecule has 9 heteroatoms. The Morgan fingerprint density at radius 3 is 2.65 bits per heavy atom. The second-order valence-corrected chi connectivity index (χ2v) is 5.65. The molecule has 0 N–H and O–H groups in total. The van der Waals surface area contributed by atoms with Crippen LogP contribution in [-0.4, -0.2) is 15.4 Å². The van der Waals surface area contributed by atoms with E-state index in [1.807, 2.05) is 0 Å². The van der Waals surface area contributed by atoms with Crippen LogP contribution in [0.5, 0.6) is 0 Å². The number of carbonyl (C=O) groups excluding carboxylic acids is 1. The fourth-order valence-corrected chi connectivity index (χ4v) is 2.56. The summed E-state index contributed by atoms with van der Waals surface area (Å²) < 4.78 is 5.86. The van der Waals surface area contributed by atoms with Gasteiger partial charge in [0.2, 0.25) is 0 Å². The third-order valence-corrected chi connectivity index (χ3v) is 3.84. The first kappa shape index (κ1) is 17.1. The Hall–Kier alpha value is -3.75. The first-order chi connectivity index (χ1) is 12.3. The number of aryl methyl sites for hydroxylation is 1. The summed E-state index contributed by atoms with van der Waals surface area (Å²) in [4.78, 5) is 34.9. The van der Waals surface area contributed by atoms with Gasteiger partial charge in [-0.15, -0.1) is 0 Å². The highest BCUT2D eigenvalue weighted by molar-refractivity contribution is 6.05. The lowest BCUT2D eigenvalue weighted by Gasteiger charge is -2.15. The number of hydrogen-bond donors (Lipinski definition) is 0. The number of ketones is 1. The summed E-state index contributed by atoms with van der Waals surface area (Å²) in [6, 6.07) is 7.20. The van der Waals surface area contributed by atoms with Crippen molar-refractivity contribution in [3.05, 3.63) is 79.3 Å². The number of rotatable bonds is 4. The molecule has 2 heterocycles. The largest absolute Gasteiger partial charge is 0.805 e. The summed E-state index contributed by atoms with van der Waals surface area (Å²) in [5.74, 6) is -1.11. The second-order valence-electron chi connectivity index (χ2n) is 5.65. The number of nitro groups is 1. The van der Waals surface area contributed by atoms with Crippen LogP contribution in [0.3, 0.4) is 0 Å². The van der Waals surface area contributed by atoms with E-state index in [-0.39, 0.29) is 28.2 Å². The number of aromatic nitrogens is 2. The van der Waals surface area contributed by atoms with Gasteiger partial charge in [-0.2, -0.15) is 0 Å². The van der Waals surface area contributed by atoms with Crippen LogP contribution in [0.2, 0.25) is 0 Å². The van der Waals surface area contributed by atoms with Gasteiger partial charge in [0.05, 0.1) is 16.2 Å². The standard InChI is InChI=1S/C17H13N3O6/c1-10-3-6-13-14(9-10)19(23)17(11(2)18(13)22)15(21)7-4-12-5-8-16(26-12)20(24)25/h3-9H,1-2H3/b7-4+. The quantitative estimate of drug-likeness (QED) is 0.233. The van der Waals surface area contributed by atoms with Crippen molar-refractivity contribution in [2.24, 2.45) is 0 Å². The molecule has 3 aromatic rings. The second kappa shape index (κ2) is 6.28. The normalized spacial score (nSPS) is 11.3. The molecule has 3 rings (SSSR count). The van der Waals surface area contributed by atoms with Crippen LogP contribution >= 0.6 is 0 Å². The van der Waals surface area contributed by atoms with Crippen molar-refractivity contribution < 1.29 is 18.6 Å².